The molecule has 5 heteroatoms. The van der Waals surface area contributed by atoms with Crippen LogP contribution in [0.1, 0.15) is 25.7 Å². The Hall–Kier alpha value is -1.91. The summed E-state index contributed by atoms with van der Waals surface area (Å²) in [6.45, 7) is 0. The molecule has 2 aromatic heterocycles. The maximum Gasteiger partial charge on any atom is 0.156 e. The van der Waals surface area contributed by atoms with Crippen molar-refractivity contribution < 1.29 is 4.79 Å². The number of hydrogen-bond acceptors (Lipinski definition) is 4. The molecule has 0 spiro atoms. The molecule has 1 aliphatic carbocycles. The van der Waals surface area contributed by atoms with Gasteiger partial charge in [0.1, 0.15) is 11.3 Å². The highest BCUT2D eigenvalue weighted by Gasteiger charge is 2.24. The van der Waals surface area contributed by atoms with Crippen LogP contribution in [-0.2, 0) is 11.8 Å². The van der Waals surface area contributed by atoms with Gasteiger partial charge in [0, 0.05) is 39.2 Å². The number of hydrogen-bond donors (Lipinski definition) is 0. The highest BCUT2D eigenvalue weighted by molar-refractivity contribution is 5.86. The van der Waals surface area contributed by atoms with Crippen molar-refractivity contribution in [1.82, 2.24) is 14.5 Å². The zero-order valence-electron chi connectivity index (χ0n) is 11.3. The molecule has 2 heterocycles. The quantitative estimate of drug-likeness (QED) is 0.825. The highest BCUT2D eigenvalue weighted by atomic mass is 16.1. The van der Waals surface area contributed by atoms with Gasteiger partial charge in [0.15, 0.2) is 5.82 Å². The lowest BCUT2D eigenvalue weighted by molar-refractivity contribution is -0.120. The number of rotatable bonds is 2. The number of aryl methyl sites for hydroxylation is 1. The van der Waals surface area contributed by atoms with Crippen LogP contribution in [0.15, 0.2) is 18.6 Å². The number of fused-ring (bicyclic) bond motifs is 1. The van der Waals surface area contributed by atoms with Crippen molar-refractivity contribution >= 4 is 22.6 Å². The van der Waals surface area contributed by atoms with E-state index in [0.717, 1.165) is 29.7 Å². The second-order valence-corrected chi connectivity index (χ2v) is 5.24. The van der Waals surface area contributed by atoms with E-state index in [9.17, 15) is 4.79 Å². The number of imidazole rings is 1. The fourth-order valence-corrected chi connectivity index (χ4v) is 2.79. The van der Waals surface area contributed by atoms with E-state index >= 15 is 0 Å². The van der Waals surface area contributed by atoms with Gasteiger partial charge in [0.2, 0.25) is 0 Å². The number of anilines is 1. The van der Waals surface area contributed by atoms with Crippen LogP contribution in [0.2, 0.25) is 0 Å². The molecular formula is C14H18N4O. The summed E-state index contributed by atoms with van der Waals surface area (Å²) in [6.07, 6.45) is 6.85. The van der Waals surface area contributed by atoms with Crippen molar-refractivity contribution in [2.24, 2.45) is 7.05 Å². The summed E-state index contributed by atoms with van der Waals surface area (Å²) in [4.78, 5) is 22.4. The molecule has 1 saturated carbocycles. The van der Waals surface area contributed by atoms with Crippen LogP contribution in [0.4, 0.5) is 5.82 Å². The third kappa shape index (κ3) is 2.09. The Morgan fingerprint density at radius 2 is 2.05 bits per heavy atom. The number of nitrogens with zero attached hydrogens (tertiary/aromatic N) is 4. The Morgan fingerprint density at radius 3 is 2.79 bits per heavy atom. The van der Waals surface area contributed by atoms with E-state index in [-0.39, 0.29) is 0 Å². The van der Waals surface area contributed by atoms with Gasteiger partial charge in [0.05, 0.1) is 11.8 Å². The van der Waals surface area contributed by atoms with Gasteiger partial charge in [-0.05, 0) is 18.9 Å². The predicted octanol–water partition coefficient (Wildman–Crippen LogP) is 1.92. The summed E-state index contributed by atoms with van der Waals surface area (Å²) in [5.74, 6) is 1.30. The van der Waals surface area contributed by atoms with Crippen LogP contribution >= 0.6 is 0 Å². The molecule has 0 saturated heterocycles. The fraction of sp³-hybridized carbons (Fsp3) is 0.500. The highest BCUT2D eigenvalue weighted by Crippen LogP contribution is 2.27. The molecule has 3 rings (SSSR count). The monoisotopic (exact) mass is 258 g/mol. The summed E-state index contributed by atoms with van der Waals surface area (Å²) in [7, 11) is 4.04. The average Bonchev–Trinajstić information content (AvgIpc) is 2.81. The first-order chi connectivity index (χ1) is 9.16. The molecule has 0 unspecified atom stereocenters. The smallest absolute Gasteiger partial charge is 0.156 e. The normalized spacial score (nSPS) is 17.1. The summed E-state index contributed by atoms with van der Waals surface area (Å²) in [6, 6.07) is 2.36. The van der Waals surface area contributed by atoms with Crippen molar-refractivity contribution in [1.29, 1.82) is 0 Å². The Kier molecular flexibility index (Phi) is 2.97. The molecule has 0 N–H and O–H groups in total. The fourth-order valence-electron chi connectivity index (χ4n) is 2.79. The van der Waals surface area contributed by atoms with Crippen molar-refractivity contribution in [3.8, 4) is 0 Å². The maximum atomic E-state index is 11.3. The summed E-state index contributed by atoms with van der Waals surface area (Å²) in [5, 5.41) is 0. The van der Waals surface area contributed by atoms with Gasteiger partial charge in [-0.15, -0.1) is 0 Å². The first-order valence-corrected chi connectivity index (χ1v) is 6.67. The van der Waals surface area contributed by atoms with Crippen LogP contribution in [0, 0.1) is 0 Å². The number of carbonyl (C=O) groups excluding carboxylic acids is 1. The summed E-state index contributed by atoms with van der Waals surface area (Å²) < 4.78 is 2.00. The Bertz CT molecular complexity index is 609. The minimum absolute atomic E-state index is 0.383. The van der Waals surface area contributed by atoms with Crippen LogP contribution in [0.3, 0.4) is 0 Å². The van der Waals surface area contributed by atoms with E-state index in [2.05, 4.69) is 21.9 Å². The SMILES string of the molecule is CN(c1nccc2c1ncn2C)C1CCC(=O)CC1. The van der Waals surface area contributed by atoms with E-state index in [4.69, 9.17) is 0 Å². The number of Topliss-reactive ketones (excluding diaryl/α,β-unsaturated/α-hetero) is 1. The minimum Gasteiger partial charge on any atom is -0.355 e. The Labute approximate surface area is 112 Å². The molecule has 0 aliphatic heterocycles. The largest absolute Gasteiger partial charge is 0.355 e. The molecule has 100 valence electrons. The van der Waals surface area contributed by atoms with Crippen LogP contribution in [0.5, 0.6) is 0 Å². The molecule has 0 aromatic carbocycles. The lowest BCUT2D eigenvalue weighted by Crippen LogP contribution is -2.35. The van der Waals surface area contributed by atoms with E-state index in [0.29, 0.717) is 24.7 Å². The molecule has 5 nitrogen and oxygen atoms in total. The van der Waals surface area contributed by atoms with Gasteiger partial charge in [-0.2, -0.15) is 0 Å². The predicted molar refractivity (Wildman–Crippen MR) is 74.2 cm³/mol. The van der Waals surface area contributed by atoms with Gasteiger partial charge < -0.3 is 9.47 Å². The van der Waals surface area contributed by atoms with Crippen LogP contribution in [-0.4, -0.2) is 33.4 Å². The van der Waals surface area contributed by atoms with E-state index in [1.54, 1.807) is 0 Å². The summed E-state index contributed by atoms with van der Waals surface area (Å²) >= 11 is 0. The van der Waals surface area contributed by atoms with E-state index < -0.39 is 0 Å². The molecule has 2 aromatic rings. The van der Waals surface area contributed by atoms with Crippen LogP contribution < -0.4 is 4.90 Å². The van der Waals surface area contributed by atoms with E-state index in [1.807, 2.05) is 30.2 Å². The van der Waals surface area contributed by atoms with Crippen molar-refractivity contribution in [2.75, 3.05) is 11.9 Å². The lowest BCUT2D eigenvalue weighted by Gasteiger charge is -2.31. The zero-order valence-corrected chi connectivity index (χ0v) is 11.3. The molecule has 0 radical (unpaired) electrons. The van der Waals surface area contributed by atoms with Crippen molar-refractivity contribution in [2.45, 2.75) is 31.7 Å². The summed E-state index contributed by atoms with van der Waals surface area (Å²) in [5.41, 5.74) is 2.02. The third-order valence-corrected chi connectivity index (χ3v) is 4.02. The second-order valence-electron chi connectivity index (χ2n) is 5.24. The van der Waals surface area contributed by atoms with Crippen molar-refractivity contribution in [3.63, 3.8) is 0 Å². The molecular weight excluding hydrogens is 240 g/mol. The molecule has 0 atom stereocenters. The Morgan fingerprint density at radius 1 is 1.32 bits per heavy atom. The van der Waals surface area contributed by atoms with E-state index in [1.165, 1.54) is 0 Å². The molecule has 0 amide bonds. The second kappa shape index (κ2) is 4.64. The van der Waals surface area contributed by atoms with Gasteiger partial charge in [-0.3, -0.25) is 4.79 Å². The molecule has 19 heavy (non-hydrogen) atoms. The minimum atomic E-state index is 0.383. The average molecular weight is 258 g/mol. The number of carbonyl (C=O) groups is 1. The molecule has 0 bridgehead atoms. The maximum absolute atomic E-state index is 11.3. The standard InChI is InChI=1S/C14H18N4O/c1-17-9-16-13-12(17)7-8-15-14(13)18(2)10-3-5-11(19)6-4-10/h7-10H,3-6H2,1-2H3. The van der Waals surface area contributed by atoms with Crippen molar-refractivity contribution in [3.05, 3.63) is 18.6 Å². The molecule has 1 fully saturated rings. The molecule has 1 aliphatic rings. The third-order valence-electron chi connectivity index (χ3n) is 4.02. The van der Waals surface area contributed by atoms with Gasteiger partial charge in [0.25, 0.3) is 0 Å². The van der Waals surface area contributed by atoms with Gasteiger partial charge in [-0.1, -0.05) is 0 Å². The zero-order chi connectivity index (χ0) is 13.4. The van der Waals surface area contributed by atoms with Crippen LogP contribution in [0.25, 0.3) is 11.0 Å². The van der Waals surface area contributed by atoms with Gasteiger partial charge in [-0.25, -0.2) is 9.97 Å². The number of aromatic nitrogens is 3. The Balaban J connectivity index is 1.93. The first-order valence-electron chi connectivity index (χ1n) is 6.67. The number of ketones is 1. The first kappa shape index (κ1) is 12.1. The van der Waals surface area contributed by atoms with Gasteiger partial charge >= 0.3 is 0 Å². The topological polar surface area (TPSA) is 51.0 Å². The lowest BCUT2D eigenvalue weighted by atomic mass is 9.93. The number of pyridine rings is 1.